The van der Waals surface area contributed by atoms with Crippen molar-refractivity contribution in [3.63, 3.8) is 0 Å². The van der Waals surface area contributed by atoms with E-state index in [0.717, 1.165) is 12.8 Å². The van der Waals surface area contributed by atoms with Crippen LogP contribution in [0.15, 0.2) is 20.9 Å². The van der Waals surface area contributed by atoms with Gasteiger partial charge in [0.15, 0.2) is 0 Å². The summed E-state index contributed by atoms with van der Waals surface area (Å²) in [5.74, 6) is 0.200. The van der Waals surface area contributed by atoms with Gasteiger partial charge in [-0.25, -0.2) is 4.79 Å². The van der Waals surface area contributed by atoms with Crippen molar-refractivity contribution < 1.29 is 9.84 Å². The molecule has 0 aromatic carbocycles. The number of hydrogen-bond donors (Lipinski definition) is 2. The third-order valence-electron chi connectivity index (χ3n) is 3.85. The van der Waals surface area contributed by atoms with Crippen LogP contribution >= 0.6 is 0 Å². The lowest BCUT2D eigenvalue weighted by atomic mass is 10.2. The normalized spacial score (nSPS) is 28.3. The Hall–Kier alpha value is -2.09. The van der Waals surface area contributed by atoms with E-state index in [1.165, 1.54) is 10.8 Å². The molecule has 2 N–H and O–H groups in total. The summed E-state index contributed by atoms with van der Waals surface area (Å²) >= 11 is 0. The fourth-order valence-electron chi connectivity index (χ4n) is 2.57. The Morgan fingerprint density at radius 3 is 2.95 bits per heavy atom. The van der Waals surface area contributed by atoms with Crippen molar-refractivity contribution in [2.24, 2.45) is 5.11 Å². The monoisotopic (exact) mass is 293 g/mol. The molecule has 112 valence electrons. The van der Waals surface area contributed by atoms with Crippen molar-refractivity contribution in [2.45, 2.75) is 43.6 Å². The Balaban J connectivity index is 1.87. The lowest BCUT2D eigenvalue weighted by Gasteiger charge is -2.15. The molecule has 0 amide bonds. The third-order valence-corrected chi connectivity index (χ3v) is 3.85. The zero-order valence-electron chi connectivity index (χ0n) is 11.2. The predicted octanol–water partition coefficient (Wildman–Crippen LogP) is 0.373. The van der Waals surface area contributed by atoms with Gasteiger partial charge in [0.25, 0.3) is 5.56 Å². The highest BCUT2D eigenvalue weighted by molar-refractivity contribution is 5.17. The summed E-state index contributed by atoms with van der Waals surface area (Å²) in [6.45, 7) is 0.00174. The molecule has 1 aromatic rings. The highest BCUT2D eigenvalue weighted by Crippen LogP contribution is 2.38. The van der Waals surface area contributed by atoms with Gasteiger partial charge in [0.05, 0.1) is 18.8 Å². The fraction of sp³-hybridized carbons (Fsp3) is 0.667. The third kappa shape index (κ3) is 2.71. The van der Waals surface area contributed by atoms with Crippen molar-refractivity contribution in [3.05, 3.63) is 43.0 Å². The van der Waals surface area contributed by atoms with Crippen LogP contribution in [-0.4, -0.2) is 33.4 Å². The summed E-state index contributed by atoms with van der Waals surface area (Å²) in [4.78, 5) is 28.6. The number of hydrogen-bond acceptors (Lipinski definition) is 5. The van der Waals surface area contributed by atoms with Gasteiger partial charge in [-0.2, -0.15) is 0 Å². The SMILES string of the molecule is [N-]=[N+]=NC[C@@H]1O[C@H](n2cc(C3CC3)c(=O)[nH]c2=O)CC1O. The van der Waals surface area contributed by atoms with Crippen molar-refractivity contribution >= 4 is 0 Å². The molecule has 2 heterocycles. The number of azide groups is 1. The molecule has 1 saturated carbocycles. The van der Waals surface area contributed by atoms with E-state index in [1.54, 1.807) is 0 Å². The smallest absolute Gasteiger partial charge is 0.330 e. The largest absolute Gasteiger partial charge is 0.390 e. The Morgan fingerprint density at radius 1 is 1.52 bits per heavy atom. The van der Waals surface area contributed by atoms with Gasteiger partial charge in [-0.1, -0.05) is 5.11 Å². The molecule has 1 unspecified atom stereocenters. The second kappa shape index (κ2) is 5.36. The molecular formula is C12H15N5O4. The Labute approximate surface area is 118 Å². The number of aromatic nitrogens is 2. The van der Waals surface area contributed by atoms with E-state index in [2.05, 4.69) is 15.0 Å². The molecule has 0 bridgehead atoms. The maximum atomic E-state index is 11.9. The fourth-order valence-corrected chi connectivity index (χ4v) is 2.57. The first-order valence-electron chi connectivity index (χ1n) is 6.80. The van der Waals surface area contributed by atoms with Crippen molar-refractivity contribution in [2.75, 3.05) is 6.54 Å². The molecule has 0 spiro atoms. The zero-order chi connectivity index (χ0) is 15.0. The summed E-state index contributed by atoms with van der Waals surface area (Å²) in [6.07, 6.45) is 1.48. The number of aliphatic hydroxyl groups is 1. The Kier molecular flexibility index (Phi) is 3.54. The Bertz CT molecular complexity index is 700. The molecular weight excluding hydrogens is 278 g/mol. The molecule has 1 aliphatic heterocycles. The number of rotatable bonds is 4. The molecule has 0 radical (unpaired) electrons. The molecule has 1 aliphatic carbocycles. The highest BCUT2D eigenvalue weighted by Gasteiger charge is 2.36. The average Bonchev–Trinajstić information content (AvgIpc) is 3.21. The van der Waals surface area contributed by atoms with E-state index in [9.17, 15) is 14.7 Å². The summed E-state index contributed by atoms with van der Waals surface area (Å²) in [5.41, 5.74) is 7.95. The molecule has 2 aliphatic rings. The number of nitrogens with zero attached hydrogens (tertiary/aromatic N) is 4. The second-order valence-corrected chi connectivity index (χ2v) is 5.37. The van der Waals surface area contributed by atoms with Gasteiger partial charge in [0, 0.05) is 23.1 Å². The summed E-state index contributed by atoms with van der Waals surface area (Å²) in [7, 11) is 0. The molecule has 9 heteroatoms. The van der Waals surface area contributed by atoms with Gasteiger partial charge in [0.2, 0.25) is 0 Å². The zero-order valence-corrected chi connectivity index (χ0v) is 11.2. The molecule has 21 heavy (non-hydrogen) atoms. The quantitative estimate of drug-likeness (QED) is 0.471. The van der Waals surface area contributed by atoms with E-state index in [0.29, 0.717) is 5.56 Å². The van der Waals surface area contributed by atoms with E-state index < -0.39 is 24.1 Å². The minimum Gasteiger partial charge on any atom is -0.390 e. The standard InChI is InChI=1S/C12H15N5O4/c13-16-14-4-9-8(18)3-10(21-9)17-5-7(6-1-2-6)11(19)15-12(17)20/h5-6,8-10,18H,1-4H2,(H,15,19,20)/t8?,9-,10-/m0/s1. The lowest BCUT2D eigenvalue weighted by molar-refractivity contribution is -0.0151. The van der Waals surface area contributed by atoms with Gasteiger partial charge < -0.3 is 9.84 Å². The number of H-pyrrole nitrogens is 1. The molecule has 2 fully saturated rings. The second-order valence-electron chi connectivity index (χ2n) is 5.37. The van der Waals surface area contributed by atoms with Crippen LogP contribution in [0, 0.1) is 0 Å². The van der Waals surface area contributed by atoms with Gasteiger partial charge in [-0.3, -0.25) is 14.3 Å². The van der Waals surface area contributed by atoms with Gasteiger partial charge >= 0.3 is 5.69 Å². The van der Waals surface area contributed by atoms with Crippen LogP contribution in [0.2, 0.25) is 0 Å². The van der Waals surface area contributed by atoms with Crippen LogP contribution < -0.4 is 11.2 Å². The predicted molar refractivity (Wildman–Crippen MR) is 71.8 cm³/mol. The Morgan fingerprint density at radius 2 is 2.29 bits per heavy atom. The van der Waals surface area contributed by atoms with Gasteiger partial charge in [0.1, 0.15) is 6.23 Å². The van der Waals surface area contributed by atoms with Crippen molar-refractivity contribution in [1.82, 2.24) is 9.55 Å². The van der Waals surface area contributed by atoms with Crippen molar-refractivity contribution in [1.29, 1.82) is 0 Å². The number of nitrogens with one attached hydrogen (secondary N) is 1. The van der Waals surface area contributed by atoms with Gasteiger partial charge in [-0.05, 0) is 24.3 Å². The van der Waals surface area contributed by atoms with Crippen LogP contribution in [0.5, 0.6) is 0 Å². The van der Waals surface area contributed by atoms with E-state index >= 15 is 0 Å². The summed E-state index contributed by atoms with van der Waals surface area (Å²) in [6, 6.07) is 0. The van der Waals surface area contributed by atoms with E-state index in [4.69, 9.17) is 10.3 Å². The lowest BCUT2D eigenvalue weighted by Crippen LogP contribution is -2.34. The maximum absolute atomic E-state index is 11.9. The topological polar surface area (TPSA) is 133 Å². The van der Waals surface area contributed by atoms with Crippen LogP contribution in [-0.2, 0) is 4.74 Å². The first kappa shape index (κ1) is 13.9. The average molecular weight is 293 g/mol. The minimum absolute atomic E-state index is 0.00174. The first-order chi connectivity index (χ1) is 10.1. The maximum Gasteiger partial charge on any atom is 0.330 e. The highest BCUT2D eigenvalue weighted by atomic mass is 16.5. The number of aliphatic hydroxyl groups excluding tert-OH is 1. The van der Waals surface area contributed by atoms with Crippen LogP contribution in [0.4, 0.5) is 0 Å². The van der Waals surface area contributed by atoms with E-state index in [1.807, 2.05) is 0 Å². The van der Waals surface area contributed by atoms with Crippen LogP contribution in [0.25, 0.3) is 10.4 Å². The summed E-state index contributed by atoms with van der Waals surface area (Å²) < 4.78 is 6.86. The molecule has 9 nitrogen and oxygen atoms in total. The minimum atomic E-state index is -0.816. The van der Waals surface area contributed by atoms with Crippen LogP contribution in [0.3, 0.4) is 0 Å². The molecule has 3 atom stereocenters. The van der Waals surface area contributed by atoms with Gasteiger partial charge in [-0.15, -0.1) is 0 Å². The molecule has 1 saturated heterocycles. The van der Waals surface area contributed by atoms with Crippen molar-refractivity contribution in [3.8, 4) is 0 Å². The molecule has 3 rings (SSSR count). The number of ether oxygens (including phenoxy) is 1. The summed E-state index contributed by atoms with van der Waals surface area (Å²) in [5, 5.41) is 13.3. The molecule has 1 aromatic heterocycles. The first-order valence-corrected chi connectivity index (χ1v) is 6.80. The van der Waals surface area contributed by atoms with Crippen LogP contribution in [0.1, 0.15) is 37.0 Å². The van der Waals surface area contributed by atoms with E-state index in [-0.39, 0.29) is 24.4 Å². The number of aromatic amines is 1.